The molecule has 0 saturated heterocycles. The van der Waals surface area contributed by atoms with Gasteiger partial charge in [-0.3, -0.25) is 4.79 Å². The first kappa shape index (κ1) is 14.1. The van der Waals surface area contributed by atoms with Crippen LogP contribution in [0.4, 0.5) is 8.78 Å². The number of nitrogens with zero attached hydrogens (tertiary/aromatic N) is 2. The Kier molecular flexibility index (Phi) is 4.38. The number of hydrogen-bond acceptors (Lipinski definition) is 2. The Labute approximate surface area is 105 Å². The van der Waals surface area contributed by atoms with Gasteiger partial charge in [0, 0.05) is 13.1 Å². The minimum atomic E-state index is -0.890. The quantitative estimate of drug-likeness (QED) is 0.830. The predicted molar refractivity (Wildman–Crippen MR) is 62.9 cm³/mol. The lowest BCUT2D eigenvalue weighted by Crippen LogP contribution is -2.36. The van der Waals surface area contributed by atoms with E-state index in [4.69, 9.17) is 5.26 Å². The van der Waals surface area contributed by atoms with Crippen molar-refractivity contribution in [1.82, 2.24) is 4.90 Å². The van der Waals surface area contributed by atoms with Crippen molar-refractivity contribution in [2.24, 2.45) is 0 Å². The van der Waals surface area contributed by atoms with Crippen molar-refractivity contribution in [2.45, 2.75) is 26.3 Å². The topological polar surface area (TPSA) is 44.1 Å². The summed E-state index contributed by atoms with van der Waals surface area (Å²) in [4.78, 5) is 13.2. The number of rotatable bonds is 3. The second kappa shape index (κ2) is 5.58. The molecule has 96 valence electrons. The Balaban J connectivity index is 3.12. The van der Waals surface area contributed by atoms with Gasteiger partial charge in [-0.25, -0.2) is 8.78 Å². The molecule has 18 heavy (non-hydrogen) atoms. The molecule has 0 radical (unpaired) electrons. The van der Waals surface area contributed by atoms with Gasteiger partial charge in [-0.05, 0) is 25.5 Å². The maximum Gasteiger partial charge on any atom is 0.259 e. The summed E-state index contributed by atoms with van der Waals surface area (Å²) in [7, 11) is 1.42. The number of nitriles is 1. The van der Waals surface area contributed by atoms with E-state index in [9.17, 15) is 13.6 Å². The van der Waals surface area contributed by atoms with E-state index in [-0.39, 0.29) is 12.0 Å². The zero-order chi connectivity index (χ0) is 13.9. The fourth-order valence-corrected chi connectivity index (χ4v) is 1.50. The summed E-state index contributed by atoms with van der Waals surface area (Å²) in [5.74, 6) is -2.49. The molecule has 5 heteroatoms. The summed E-state index contributed by atoms with van der Waals surface area (Å²) in [5, 5.41) is 8.56. The van der Waals surface area contributed by atoms with Crippen LogP contribution in [0.3, 0.4) is 0 Å². The van der Waals surface area contributed by atoms with Crippen LogP contribution >= 0.6 is 0 Å². The summed E-state index contributed by atoms with van der Waals surface area (Å²) in [6.07, 6.45) is 0.108. The van der Waals surface area contributed by atoms with Crippen LogP contribution < -0.4 is 0 Å². The van der Waals surface area contributed by atoms with E-state index in [0.29, 0.717) is 0 Å². The van der Waals surface area contributed by atoms with E-state index in [1.165, 1.54) is 24.9 Å². The van der Waals surface area contributed by atoms with Gasteiger partial charge in [-0.2, -0.15) is 5.26 Å². The fraction of sp³-hybridized carbons (Fsp3) is 0.385. The first-order chi connectivity index (χ1) is 8.40. The van der Waals surface area contributed by atoms with Crippen LogP contribution in [0.2, 0.25) is 0 Å². The molecular weight excluding hydrogens is 238 g/mol. The van der Waals surface area contributed by atoms with Crippen LogP contribution in [-0.2, 0) is 0 Å². The predicted octanol–water partition coefficient (Wildman–Crippen LogP) is 2.65. The highest BCUT2D eigenvalue weighted by atomic mass is 19.1. The largest absolute Gasteiger partial charge is 0.338 e. The smallest absolute Gasteiger partial charge is 0.259 e. The van der Waals surface area contributed by atoms with Crippen molar-refractivity contribution in [3.63, 3.8) is 0 Å². The maximum atomic E-state index is 13.8. The van der Waals surface area contributed by atoms with E-state index >= 15 is 0 Å². The van der Waals surface area contributed by atoms with E-state index < -0.39 is 29.1 Å². The minimum absolute atomic E-state index is 0.108. The van der Waals surface area contributed by atoms with E-state index in [1.54, 1.807) is 6.92 Å². The molecule has 1 atom stereocenters. The molecule has 0 heterocycles. The molecule has 1 rings (SSSR count). The van der Waals surface area contributed by atoms with Gasteiger partial charge in [0.05, 0.1) is 12.5 Å². The standard InChI is InChI=1S/C13H14F2N2O/c1-8-4-5-10(14)11(12(8)15)13(18)17(3)9(2)6-7-16/h4-5,9H,6H2,1-3H3. The van der Waals surface area contributed by atoms with E-state index in [1.807, 2.05) is 6.07 Å². The zero-order valence-corrected chi connectivity index (χ0v) is 10.5. The lowest BCUT2D eigenvalue weighted by atomic mass is 10.1. The first-order valence-electron chi connectivity index (χ1n) is 5.48. The molecule has 0 aliphatic rings. The van der Waals surface area contributed by atoms with Gasteiger partial charge in [0.25, 0.3) is 5.91 Å². The van der Waals surface area contributed by atoms with Crippen molar-refractivity contribution in [2.75, 3.05) is 7.05 Å². The molecule has 1 amide bonds. The molecule has 1 aromatic rings. The molecule has 1 aromatic carbocycles. The highest BCUT2D eigenvalue weighted by molar-refractivity contribution is 5.95. The van der Waals surface area contributed by atoms with Crippen molar-refractivity contribution in [3.8, 4) is 6.07 Å². The SMILES string of the molecule is Cc1ccc(F)c(C(=O)N(C)C(C)CC#N)c1F. The summed E-state index contributed by atoms with van der Waals surface area (Å²) < 4.78 is 27.3. The summed E-state index contributed by atoms with van der Waals surface area (Å²) in [6.45, 7) is 3.11. The van der Waals surface area contributed by atoms with Crippen LogP contribution in [-0.4, -0.2) is 23.9 Å². The molecule has 0 bridgehead atoms. The van der Waals surface area contributed by atoms with Crippen molar-refractivity contribution >= 4 is 5.91 Å². The number of halogens is 2. The second-order valence-electron chi connectivity index (χ2n) is 4.18. The zero-order valence-electron chi connectivity index (χ0n) is 10.5. The monoisotopic (exact) mass is 252 g/mol. The Bertz CT molecular complexity index is 508. The van der Waals surface area contributed by atoms with Crippen LogP contribution in [0.5, 0.6) is 0 Å². The molecule has 0 aromatic heterocycles. The van der Waals surface area contributed by atoms with Gasteiger partial charge >= 0.3 is 0 Å². The second-order valence-corrected chi connectivity index (χ2v) is 4.18. The lowest BCUT2D eigenvalue weighted by molar-refractivity contribution is 0.0736. The van der Waals surface area contributed by atoms with Crippen molar-refractivity contribution < 1.29 is 13.6 Å². The number of aryl methyl sites for hydroxylation is 1. The highest BCUT2D eigenvalue weighted by Crippen LogP contribution is 2.19. The number of amides is 1. The van der Waals surface area contributed by atoms with Crippen molar-refractivity contribution in [1.29, 1.82) is 5.26 Å². The van der Waals surface area contributed by atoms with Gasteiger partial charge in [0.15, 0.2) is 0 Å². The van der Waals surface area contributed by atoms with Gasteiger partial charge in [-0.1, -0.05) is 6.07 Å². The Morgan fingerprint density at radius 1 is 1.50 bits per heavy atom. The maximum absolute atomic E-state index is 13.8. The highest BCUT2D eigenvalue weighted by Gasteiger charge is 2.24. The summed E-state index contributed by atoms with van der Waals surface area (Å²) in [5.41, 5.74) is -0.358. The Hall–Kier alpha value is -1.96. The summed E-state index contributed by atoms with van der Waals surface area (Å²) in [6, 6.07) is 3.85. The summed E-state index contributed by atoms with van der Waals surface area (Å²) >= 11 is 0. The third-order valence-electron chi connectivity index (χ3n) is 2.87. The normalized spacial score (nSPS) is 11.8. The van der Waals surface area contributed by atoms with Gasteiger partial charge in [0.1, 0.15) is 17.2 Å². The molecule has 0 aliphatic carbocycles. The molecule has 0 fully saturated rings. The molecule has 3 nitrogen and oxygen atoms in total. The van der Waals surface area contributed by atoms with Crippen LogP contribution in [0.25, 0.3) is 0 Å². The first-order valence-corrected chi connectivity index (χ1v) is 5.48. The van der Waals surface area contributed by atoms with E-state index in [0.717, 1.165) is 6.07 Å². The van der Waals surface area contributed by atoms with Crippen LogP contribution in [0.15, 0.2) is 12.1 Å². The molecule has 1 unspecified atom stereocenters. The molecule has 0 N–H and O–H groups in total. The van der Waals surface area contributed by atoms with Crippen LogP contribution in [0.1, 0.15) is 29.3 Å². The fourth-order valence-electron chi connectivity index (χ4n) is 1.50. The molecule has 0 spiro atoms. The van der Waals surface area contributed by atoms with Gasteiger partial charge in [0.2, 0.25) is 0 Å². The number of carbonyl (C=O) groups is 1. The Morgan fingerprint density at radius 3 is 2.67 bits per heavy atom. The minimum Gasteiger partial charge on any atom is -0.338 e. The average molecular weight is 252 g/mol. The average Bonchev–Trinajstić information content (AvgIpc) is 2.33. The third kappa shape index (κ3) is 2.65. The van der Waals surface area contributed by atoms with Crippen molar-refractivity contribution in [3.05, 3.63) is 34.9 Å². The lowest BCUT2D eigenvalue weighted by Gasteiger charge is -2.23. The molecular formula is C13H14F2N2O. The van der Waals surface area contributed by atoms with E-state index in [2.05, 4.69) is 0 Å². The van der Waals surface area contributed by atoms with Crippen LogP contribution in [0, 0.1) is 29.9 Å². The number of hydrogen-bond donors (Lipinski definition) is 0. The number of carbonyl (C=O) groups excluding carboxylic acids is 1. The Morgan fingerprint density at radius 2 is 2.11 bits per heavy atom. The third-order valence-corrected chi connectivity index (χ3v) is 2.87. The molecule has 0 aliphatic heterocycles. The molecule has 0 saturated carbocycles. The number of benzene rings is 1. The van der Waals surface area contributed by atoms with Gasteiger partial charge in [-0.15, -0.1) is 0 Å². The van der Waals surface area contributed by atoms with Gasteiger partial charge < -0.3 is 4.90 Å².